The Bertz CT molecular complexity index is 294. The van der Waals surface area contributed by atoms with Gasteiger partial charge in [0.2, 0.25) is 0 Å². The fraction of sp³-hybridized carbons (Fsp3) is 0.769. The van der Waals surface area contributed by atoms with Crippen LogP contribution in [0.1, 0.15) is 40.0 Å². The standard InChI is InChI=1S/C13H22OS2/c1-13(2,3)9-5-6-11(14)10(7-9)12(8-15)16-4/h9,15H,5-8H2,1-4H3/b12-10-. The van der Waals surface area contributed by atoms with Gasteiger partial charge in [-0.2, -0.15) is 12.6 Å². The van der Waals surface area contributed by atoms with Crippen molar-refractivity contribution in [2.75, 3.05) is 12.0 Å². The van der Waals surface area contributed by atoms with Gasteiger partial charge in [0.1, 0.15) is 0 Å². The molecule has 1 fully saturated rings. The molecular weight excluding hydrogens is 236 g/mol. The summed E-state index contributed by atoms with van der Waals surface area (Å²) in [5.74, 6) is 1.67. The number of hydrogen-bond donors (Lipinski definition) is 1. The second kappa shape index (κ2) is 5.63. The zero-order chi connectivity index (χ0) is 12.3. The Kier molecular flexibility index (Phi) is 4.99. The fourth-order valence-electron chi connectivity index (χ4n) is 2.21. The van der Waals surface area contributed by atoms with E-state index in [4.69, 9.17) is 0 Å². The molecule has 1 unspecified atom stereocenters. The summed E-state index contributed by atoms with van der Waals surface area (Å²) < 4.78 is 0. The van der Waals surface area contributed by atoms with Crippen LogP contribution in [0, 0.1) is 11.3 Å². The molecule has 0 aromatic heterocycles. The Morgan fingerprint density at radius 3 is 2.56 bits per heavy atom. The predicted octanol–water partition coefficient (Wildman–Crippen LogP) is 3.95. The molecule has 0 bridgehead atoms. The van der Waals surface area contributed by atoms with Crippen LogP contribution < -0.4 is 0 Å². The lowest BCUT2D eigenvalue weighted by Crippen LogP contribution is -2.28. The number of Topliss-reactive ketones (excluding diaryl/α,β-unsaturated/α-hetero) is 1. The summed E-state index contributed by atoms with van der Waals surface area (Å²) in [6.45, 7) is 6.81. The van der Waals surface area contributed by atoms with Crippen molar-refractivity contribution in [2.45, 2.75) is 40.0 Å². The SMILES string of the molecule is CS/C(CS)=C1/CC(C(C)(C)C)CCC1=O. The Balaban J connectivity index is 2.93. The summed E-state index contributed by atoms with van der Waals surface area (Å²) in [6.07, 6.45) is 4.74. The highest BCUT2D eigenvalue weighted by molar-refractivity contribution is 8.03. The summed E-state index contributed by atoms with van der Waals surface area (Å²) >= 11 is 5.99. The van der Waals surface area contributed by atoms with Crippen LogP contribution in [-0.2, 0) is 4.79 Å². The monoisotopic (exact) mass is 258 g/mol. The fourth-order valence-corrected chi connectivity index (χ4v) is 3.36. The van der Waals surface area contributed by atoms with E-state index < -0.39 is 0 Å². The molecule has 1 aliphatic carbocycles. The molecule has 0 radical (unpaired) electrons. The third kappa shape index (κ3) is 3.30. The second-order valence-corrected chi connectivity index (χ2v) is 6.71. The van der Waals surface area contributed by atoms with Gasteiger partial charge in [-0.3, -0.25) is 4.79 Å². The zero-order valence-corrected chi connectivity index (χ0v) is 12.4. The number of carbonyl (C=O) groups excluding carboxylic acids is 1. The van der Waals surface area contributed by atoms with Gasteiger partial charge in [0, 0.05) is 22.7 Å². The number of ketones is 1. The van der Waals surface area contributed by atoms with Gasteiger partial charge < -0.3 is 0 Å². The highest BCUT2D eigenvalue weighted by Gasteiger charge is 2.32. The van der Waals surface area contributed by atoms with Crippen LogP contribution >= 0.6 is 24.4 Å². The van der Waals surface area contributed by atoms with E-state index in [2.05, 4.69) is 33.4 Å². The van der Waals surface area contributed by atoms with E-state index in [0.29, 0.717) is 22.9 Å². The lowest BCUT2D eigenvalue weighted by atomic mass is 9.70. The van der Waals surface area contributed by atoms with Crippen molar-refractivity contribution < 1.29 is 4.79 Å². The number of thiol groups is 1. The molecule has 0 heterocycles. The number of allylic oxidation sites excluding steroid dienone is 1. The smallest absolute Gasteiger partial charge is 0.159 e. The largest absolute Gasteiger partial charge is 0.295 e. The van der Waals surface area contributed by atoms with Crippen molar-refractivity contribution in [1.29, 1.82) is 0 Å². The van der Waals surface area contributed by atoms with Crippen molar-refractivity contribution in [3.63, 3.8) is 0 Å². The molecule has 0 N–H and O–H groups in total. The van der Waals surface area contributed by atoms with E-state index in [-0.39, 0.29) is 0 Å². The Hall–Kier alpha value is 0.110. The van der Waals surface area contributed by atoms with E-state index >= 15 is 0 Å². The average Bonchev–Trinajstić information content (AvgIpc) is 2.20. The Morgan fingerprint density at radius 2 is 2.12 bits per heavy atom. The maximum Gasteiger partial charge on any atom is 0.159 e. The van der Waals surface area contributed by atoms with Gasteiger partial charge in [-0.25, -0.2) is 0 Å². The summed E-state index contributed by atoms with van der Waals surface area (Å²) in [5.41, 5.74) is 1.35. The van der Waals surface area contributed by atoms with Crippen LogP contribution in [0.3, 0.4) is 0 Å². The molecule has 1 saturated carbocycles. The topological polar surface area (TPSA) is 17.1 Å². The quantitative estimate of drug-likeness (QED) is 0.597. The van der Waals surface area contributed by atoms with E-state index in [1.54, 1.807) is 11.8 Å². The van der Waals surface area contributed by atoms with Crippen LogP contribution in [0.2, 0.25) is 0 Å². The molecule has 1 rings (SSSR count). The van der Waals surface area contributed by atoms with Crippen LogP contribution in [-0.4, -0.2) is 17.8 Å². The van der Waals surface area contributed by atoms with Gasteiger partial charge in [0.25, 0.3) is 0 Å². The van der Waals surface area contributed by atoms with Crippen molar-refractivity contribution in [1.82, 2.24) is 0 Å². The summed E-state index contributed by atoms with van der Waals surface area (Å²) in [5, 5.41) is 0. The number of hydrogen-bond acceptors (Lipinski definition) is 3. The molecule has 92 valence electrons. The third-order valence-electron chi connectivity index (χ3n) is 3.46. The molecule has 1 aliphatic rings. The van der Waals surface area contributed by atoms with E-state index in [9.17, 15) is 4.79 Å². The molecule has 0 aliphatic heterocycles. The molecule has 1 nitrogen and oxygen atoms in total. The van der Waals surface area contributed by atoms with Gasteiger partial charge in [0.05, 0.1) is 0 Å². The Labute approximate surface area is 109 Å². The van der Waals surface area contributed by atoms with Crippen LogP contribution in [0.5, 0.6) is 0 Å². The third-order valence-corrected chi connectivity index (χ3v) is 4.87. The molecule has 0 amide bonds. The van der Waals surface area contributed by atoms with Gasteiger partial charge in [-0.1, -0.05) is 20.8 Å². The molecule has 16 heavy (non-hydrogen) atoms. The van der Waals surface area contributed by atoms with Gasteiger partial charge in [0.15, 0.2) is 5.78 Å². The van der Waals surface area contributed by atoms with Crippen molar-refractivity contribution in [3.05, 3.63) is 10.5 Å². The molecule has 0 aromatic carbocycles. The van der Waals surface area contributed by atoms with Crippen molar-refractivity contribution in [3.8, 4) is 0 Å². The minimum atomic E-state index is 0.298. The molecule has 1 atom stereocenters. The van der Waals surface area contributed by atoms with E-state index in [0.717, 1.165) is 24.8 Å². The zero-order valence-electron chi connectivity index (χ0n) is 10.7. The van der Waals surface area contributed by atoms with Crippen molar-refractivity contribution >= 4 is 30.2 Å². The molecule has 0 spiro atoms. The first-order valence-electron chi connectivity index (χ1n) is 5.80. The van der Waals surface area contributed by atoms with Crippen LogP contribution in [0.4, 0.5) is 0 Å². The van der Waals surface area contributed by atoms with Crippen molar-refractivity contribution in [2.24, 2.45) is 11.3 Å². The van der Waals surface area contributed by atoms with E-state index in [1.165, 1.54) is 4.91 Å². The van der Waals surface area contributed by atoms with Gasteiger partial charge in [-0.05, 0) is 30.4 Å². The lowest BCUT2D eigenvalue weighted by Gasteiger charge is -2.35. The molecule has 3 heteroatoms. The highest BCUT2D eigenvalue weighted by atomic mass is 32.2. The summed E-state index contributed by atoms with van der Waals surface area (Å²) in [6, 6.07) is 0. The second-order valence-electron chi connectivity index (χ2n) is 5.49. The summed E-state index contributed by atoms with van der Waals surface area (Å²) in [4.78, 5) is 13.1. The van der Waals surface area contributed by atoms with Crippen LogP contribution in [0.25, 0.3) is 0 Å². The minimum Gasteiger partial charge on any atom is -0.295 e. The maximum atomic E-state index is 11.9. The summed E-state index contributed by atoms with van der Waals surface area (Å²) in [7, 11) is 0. The first-order valence-corrected chi connectivity index (χ1v) is 7.66. The van der Waals surface area contributed by atoms with Crippen LogP contribution in [0.15, 0.2) is 10.5 Å². The van der Waals surface area contributed by atoms with E-state index in [1.807, 2.05) is 6.26 Å². The van der Waals surface area contributed by atoms with Gasteiger partial charge in [-0.15, -0.1) is 11.8 Å². The first kappa shape index (κ1) is 14.2. The molecular formula is C13H22OS2. The molecule has 0 aromatic rings. The van der Waals surface area contributed by atoms with Gasteiger partial charge >= 0.3 is 0 Å². The highest BCUT2D eigenvalue weighted by Crippen LogP contribution is 2.40. The first-order chi connectivity index (χ1) is 7.40. The number of rotatable bonds is 2. The predicted molar refractivity (Wildman–Crippen MR) is 76.2 cm³/mol. The molecule has 0 saturated heterocycles. The number of carbonyl (C=O) groups is 1. The normalized spacial score (nSPS) is 25.8. The Morgan fingerprint density at radius 1 is 1.50 bits per heavy atom. The number of thioether (sulfide) groups is 1. The average molecular weight is 258 g/mol. The minimum absolute atomic E-state index is 0.298. The maximum absolute atomic E-state index is 11.9. The lowest BCUT2D eigenvalue weighted by molar-refractivity contribution is -0.117.